The zero-order valence-electron chi connectivity index (χ0n) is 14.8. The summed E-state index contributed by atoms with van der Waals surface area (Å²) in [6.45, 7) is 0.0848. The lowest BCUT2D eigenvalue weighted by atomic mass is 10.2. The van der Waals surface area contributed by atoms with Crippen molar-refractivity contribution in [2.24, 2.45) is 0 Å². The molecule has 2 amide bonds. The average molecular weight is 428 g/mol. The molecule has 0 atom stereocenters. The Morgan fingerprint density at radius 2 is 1.62 bits per heavy atom. The van der Waals surface area contributed by atoms with Gasteiger partial charge in [0, 0.05) is 24.6 Å². The van der Waals surface area contributed by atoms with E-state index in [0.717, 1.165) is 29.2 Å². The lowest BCUT2D eigenvalue weighted by molar-refractivity contribution is -0.274. The number of rotatable bonds is 6. The van der Waals surface area contributed by atoms with Crippen LogP contribution in [0, 0.1) is 0 Å². The number of anilines is 1. The van der Waals surface area contributed by atoms with E-state index in [9.17, 15) is 31.2 Å². The molecule has 1 aliphatic heterocycles. The lowest BCUT2D eigenvalue weighted by Gasteiger charge is -2.14. The molecule has 2 aromatic rings. The van der Waals surface area contributed by atoms with Crippen molar-refractivity contribution in [3.05, 3.63) is 54.1 Å². The van der Waals surface area contributed by atoms with Gasteiger partial charge in [-0.1, -0.05) is 18.2 Å². The number of hydrogen-bond acceptors (Lipinski definition) is 5. The van der Waals surface area contributed by atoms with Gasteiger partial charge in [0.1, 0.15) is 5.75 Å². The second-order valence-corrected chi connectivity index (χ2v) is 7.88. The molecule has 0 saturated carbocycles. The predicted octanol–water partition coefficient (Wildman–Crippen LogP) is 3.04. The number of nitrogens with one attached hydrogen (secondary N) is 1. The monoisotopic (exact) mass is 428 g/mol. The average Bonchev–Trinajstić information content (AvgIpc) is 2.94. The zero-order valence-corrected chi connectivity index (χ0v) is 15.6. The molecule has 1 saturated heterocycles. The van der Waals surface area contributed by atoms with Crippen LogP contribution >= 0.6 is 0 Å². The number of alkyl halides is 3. The number of hydrogen-bond donors (Lipinski definition) is 1. The standard InChI is InChI=1S/C18H15F3N2O5S/c19-18(20,21)28-14-2-1-3-15(10-14)29(26,27)22-13-6-4-12(5-7-13)11-23-16(24)8-9-17(23)25/h1-7,10,22H,8-9,11H2. The lowest BCUT2D eigenvalue weighted by Crippen LogP contribution is -2.28. The van der Waals surface area contributed by atoms with Crippen LogP contribution in [0.15, 0.2) is 53.4 Å². The summed E-state index contributed by atoms with van der Waals surface area (Å²) in [7, 11) is -4.16. The van der Waals surface area contributed by atoms with Crippen LogP contribution in [0.4, 0.5) is 18.9 Å². The third kappa shape index (κ3) is 5.25. The van der Waals surface area contributed by atoms with Gasteiger partial charge in [0.2, 0.25) is 11.8 Å². The summed E-state index contributed by atoms with van der Waals surface area (Å²) in [5, 5.41) is 0. The van der Waals surface area contributed by atoms with Crippen molar-refractivity contribution < 1.29 is 35.9 Å². The molecule has 11 heteroatoms. The molecule has 0 radical (unpaired) electrons. The van der Waals surface area contributed by atoms with Crippen LogP contribution in [0.1, 0.15) is 18.4 Å². The molecule has 154 valence electrons. The minimum Gasteiger partial charge on any atom is -0.406 e. The van der Waals surface area contributed by atoms with Crippen LogP contribution in [-0.4, -0.2) is 31.5 Å². The smallest absolute Gasteiger partial charge is 0.406 e. The first-order valence-corrected chi connectivity index (χ1v) is 9.83. The number of sulfonamides is 1. The van der Waals surface area contributed by atoms with Crippen molar-refractivity contribution in [3.8, 4) is 5.75 Å². The fourth-order valence-electron chi connectivity index (χ4n) is 2.71. The topological polar surface area (TPSA) is 92.8 Å². The first kappa shape index (κ1) is 20.6. The van der Waals surface area contributed by atoms with Crippen molar-refractivity contribution in [1.82, 2.24) is 4.90 Å². The summed E-state index contributed by atoms with van der Waals surface area (Å²) in [5.74, 6) is -1.18. The number of carbonyl (C=O) groups is 2. The van der Waals surface area contributed by atoms with E-state index in [-0.39, 0.29) is 36.9 Å². The van der Waals surface area contributed by atoms with Gasteiger partial charge in [-0.05, 0) is 29.8 Å². The van der Waals surface area contributed by atoms with Crippen LogP contribution in [0.5, 0.6) is 5.75 Å². The highest BCUT2D eigenvalue weighted by Crippen LogP contribution is 2.26. The van der Waals surface area contributed by atoms with Gasteiger partial charge in [-0.3, -0.25) is 19.2 Å². The predicted molar refractivity (Wildman–Crippen MR) is 95.2 cm³/mol. The van der Waals surface area contributed by atoms with Gasteiger partial charge >= 0.3 is 6.36 Å². The van der Waals surface area contributed by atoms with Crippen LogP contribution in [-0.2, 0) is 26.2 Å². The molecular formula is C18H15F3N2O5S. The molecule has 0 spiro atoms. The molecule has 1 aliphatic rings. The van der Waals surface area contributed by atoms with Crippen molar-refractivity contribution in [2.45, 2.75) is 30.6 Å². The molecule has 1 fully saturated rings. The number of imide groups is 1. The van der Waals surface area contributed by atoms with Gasteiger partial charge < -0.3 is 4.74 Å². The molecule has 2 aromatic carbocycles. The van der Waals surface area contributed by atoms with Gasteiger partial charge in [0.15, 0.2) is 0 Å². The quantitative estimate of drug-likeness (QED) is 0.714. The third-order valence-corrected chi connectivity index (χ3v) is 5.43. The normalized spacial score (nSPS) is 14.9. The van der Waals surface area contributed by atoms with Gasteiger partial charge in [-0.15, -0.1) is 13.2 Å². The summed E-state index contributed by atoms with van der Waals surface area (Å²) in [5.41, 5.74) is 0.784. The van der Waals surface area contributed by atoms with Crippen molar-refractivity contribution in [2.75, 3.05) is 4.72 Å². The SMILES string of the molecule is O=C1CCC(=O)N1Cc1ccc(NS(=O)(=O)c2cccc(OC(F)(F)F)c2)cc1. The van der Waals surface area contributed by atoms with Gasteiger partial charge in [-0.25, -0.2) is 8.42 Å². The Hall–Kier alpha value is -3.08. The molecule has 0 unspecified atom stereocenters. The maximum absolute atomic E-state index is 12.4. The highest BCUT2D eigenvalue weighted by Gasteiger charge is 2.31. The molecule has 0 bridgehead atoms. The molecule has 7 nitrogen and oxygen atoms in total. The zero-order chi connectivity index (χ0) is 21.2. The van der Waals surface area contributed by atoms with E-state index >= 15 is 0 Å². The van der Waals surface area contributed by atoms with Crippen LogP contribution < -0.4 is 9.46 Å². The second-order valence-electron chi connectivity index (χ2n) is 6.20. The highest BCUT2D eigenvalue weighted by molar-refractivity contribution is 7.92. The van der Waals surface area contributed by atoms with E-state index in [1.807, 2.05) is 0 Å². The number of carbonyl (C=O) groups excluding carboxylic acids is 2. The maximum Gasteiger partial charge on any atom is 0.573 e. The Balaban J connectivity index is 1.71. The third-order valence-electron chi connectivity index (χ3n) is 4.05. The number of likely N-dealkylation sites (tertiary alicyclic amines) is 1. The largest absolute Gasteiger partial charge is 0.573 e. The fraction of sp³-hybridized carbons (Fsp3) is 0.222. The molecule has 1 N–H and O–H groups in total. The number of halogens is 3. The Bertz CT molecular complexity index is 1020. The minimum atomic E-state index is -4.94. The molecule has 3 rings (SSSR count). The van der Waals surface area contributed by atoms with Gasteiger partial charge in [0.05, 0.1) is 11.4 Å². The maximum atomic E-state index is 12.4. The van der Waals surface area contributed by atoms with Crippen molar-refractivity contribution >= 4 is 27.5 Å². The Labute approximate surface area is 164 Å². The first-order chi connectivity index (χ1) is 13.5. The van der Waals surface area contributed by atoms with Gasteiger partial charge in [0.25, 0.3) is 10.0 Å². The van der Waals surface area contributed by atoms with Crippen molar-refractivity contribution in [1.29, 1.82) is 0 Å². The molecular weight excluding hydrogens is 413 g/mol. The molecule has 1 heterocycles. The summed E-state index contributed by atoms with van der Waals surface area (Å²) >= 11 is 0. The summed E-state index contributed by atoms with van der Waals surface area (Å²) < 4.78 is 67.8. The highest BCUT2D eigenvalue weighted by atomic mass is 32.2. The number of amides is 2. The van der Waals surface area contributed by atoms with E-state index < -0.39 is 27.0 Å². The van der Waals surface area contributed by atoms with Crippen LogP contribution in [0.2, 0.25) is 0 Å². The van der Waals surface area contributed by atoms with E-state index in [2.05, 4.69) is 9.46 Å². The molecule has 29 heavy (non-hydrogen) atoms. The fourth-order valence-corrected chi connectivity index (χ4v) is 3.81. The van der Waals surface area contributed by atoms with E-state index in [1.165, 1.54) is 12.1 Å². The number of benzene rings is 2. The number of nitrogens with zero attached hydrogens (tertiary/aromatic N) is 1. The van der Waals surface area contributed by atoms with E-state index in [4.69, 9.17) is 0 Å². The summed E-state index contributed by atoms with van der Waals surface area (Å²) in [6, 6.07) is 9.94. The van der Waals surface area contributed by atoms with Crippen LogP contribution in [0.3, 0.4) is 0 Å². The summed E-state index contributed by atoms with van der Waals surface area (Å²) in [4.78, 5) is 24.0. The van der Waals surface area contributed by atoms with E-state index in [0.29, 0.717) is 5.56 Å². The molecule has 0 aliphatic carbocycles. The van der Waals surface area contributed by atoms with E-state index in [1.54, 1.807) is 12.1 Å². The summed E-state index contributed by atoms with van der Waals surface area (Å²) in [6.07, 6.45) is -4.59. The first-order valence-electron chi connectivity index (χ1n) is 8.34. The second kappa shape index (κ2) is 7.74. The Morgan fingerprint density at radius 1 is 1.00 bits per heavy atom. The Kier molecular flexibility index (Phi) is 5.51. The van der Waals surface area contributed by atoms with Crippen molar-refractivity contribution in [3.63, 3.8) is 0 Å². The number of ether oxygens (including phenoxy) is 1. The minimum absolute atomic E-state index is 0.0848. The Morgan fingerprint density at radius 3 is 2.21 bits per heavy atom. The molecule has 0 aromatic heterocycles. The van der Waals surface area contributed by atoms with Gasteiger partial charge in [-0.2, -0.15) is 0 Å². The van der Waals surface area contributed by atoms with Crippen LogP contribution in [0.25, 0.3) is 0 Å².